The van der Waals surface area contributed by atoms with Crippen molar-refractivity contribution in [1.29, 1.82) is 0 Å². The molecule has 0 bridgehead atoms. The quantitative estimate of drug-likeness (QED) is 0.572. The van der Waals surface area contributed by atoms with E-state index in [9.17, 15) is 14.7 Å². The summed E-state index contributed by atoms with van der Waals surface area (Å²) in [4.78, 5) is 25.0. The molecule has 0 saturated heterocycles. The molecule has 1 atom stereocenters. The van der Waals surface area contributed by atoms with Crippen molar-refractivity contribution >= 4 is 17.7 Å². The Morgan fingerprint density at radius 1 is 0.862 bits per heavy atom. The minimum absolute atomic E-state index is 0.0395. The molecule has 3 rings (SSSR count). The molecule has 0 aromatic heterocycles. The molecule has 3 N–H and O–H groups in total. The van der Waals surface area contributed by atoms with E-state index >= 15 is 0 Å². The molecule has 0 radical (unpaired) electrons. The van der Waals surface area contributed by atoms with Crippen LogP contribution in [0.25, 0.3) is 0 Å². The monoisotopic (exact) mass is 390 g/mol. The number of hydrogen-bond acceptors (Lipinski definition) is 4. The van der Waals surface area contributed by atoms with E-state index in [4.69, 9.17) is 4.74 Å². The van der Waals surface area contributed by atoms with Gasteiger partial charge in [0.25, 0.3) is 0 Å². The van der Waals surface area contributed by atoms with Gasteiger partial charge in [0.15, 0.2) is 0 Å². The minimum atomic E-state index is -0.844. The van der Waals surface area contributed by atoms with E-state index in [0.29, 0.717) is 12.1 Å². The van der Waals surface area contributed by atoms with Gasteiger partial charge in [0.1, 0.15) is 18.4 Å². The van der Waals surface area contributed by atoms with Gasteiger partial charge in [0.05, 0.1) is 0 Å². The number of amides is 2. The second-order valence-corrected chi connectivity index (χ2v) is 6.49. The standard InChI is InChI=1S/C23H22N2O4/c26-20-13-7-12-19(15-20)24-22(27)21(14-17-8-3-1-4-9-17)25-23(28)29-16-18-10-5-2-6-11-18/h1-13,15,21,26H,14,16H2,(H,24,27)(H,25,28). The van der Waals surface area contributed by atoms with E-state index in [2.05, 4.69) is 10.6 Å². The van der Waals surface area contributed by atoms with Gasteiger partial charge >= 0.3 is 6.09 Å². The number of anilines is 1. The van der Waals surface area contributed by atoms with Crippen molar-refractivity contribution in [1.82, 2.24) is 5.32 Å². The summed E-state index contributed by atoms with van der Waals surface area (Å²) in [6.07, 6.45) is -0.382. The summed E-state index contributed by atoms with van der Waals surface area (Å²) in [5.74, 6) is -0.367. The van der Waals surface area contributed by atoms with Crippen LogP contribution in [0.1, 0.15) is 11.1 Å². The first-order chi connectivity index (χ1) is 14.1. The molecule has 29 heavy (non-hydrogen) atoms. The van der Waals surface area contributed by atoms with Crippen LogP contribution in [-0.4, -0.2) is 23.1 Å². The Labute approximate surface area is 169 Å². The Bertz CT molecular complexity index is 945. The van der Waals surface area contributed by atoms with Crippen molar-refractivity contribution in [3.05, 3.63) is 96.1 Å². The maximum Gasteiger partial charge on any atom is 0.408 e. The lowest BCUT2D eigenvalue weighted by molar-refractivity contribution is -0.118. The van der Waals surface area contributed by atoms with Crippen molar-refractivity contribution < 1.29 is 19.4 Å². The number of phenolic OH excluding ortho intramolecular Hbond substituents is 1. The number of rotatable bonds is 7. The highest BCUT2D eigenvalue weighted by molar-refractivity contribution is 5.96. The molecule has 6 nitrogen and oxygen atoms in total. The molecule has 0 aliphatic heterocycles. The molecule has 0 aliphatic carbocycles. The molecule has 0 aliphatic rings. The molecule has 148 valence electrons. The first-order valence-electron chi connectivity index (χ1n) is 9.21. The van der Waals surface area contributed by atoms with Gasteiger partial charge in [-0.25, -0.2) is 4.79 Å². The number of carbonyl (C=O) groups excluding carboxylic acids is 2. The average Bonchev–Trinajstić information content (AvgIpc) is 2.73. The molecule has 0 spiro atoms. The smallest absolute Gasteiger partial charge is 0.408 e. The molecule has 0 fully saturated rings. The number of alkyl carbamates (subject to hydrolysis) is 1. The highest BCUT2D eigenvalue weighted by Gasteiger charge is 2.22. The molecule has 0 saturated carbocycles. The van der Waals surface area contributed by atoms with E-state index in [1.54, 1.807) is 12.1 Å². The van der Waals surface area contributed by atoms with Gasteiger partial charge < -0.3 is 20.5 Å². The number of carbonyl (C=O) groups is 2. The van der Waals surface area contributed by atoms with Crippen LogP contribution in [0.15, 0.2) is 84.9 Å². The zero-order valence-corrected chi connectivity index (χ0v) is 15.7. The van der Waals surface area contributed by atoms with E-state index < -0.39 is 18.0 Å². The van der Waals surface area contributed by atoms with Crippen LogP contribution in [0.5, 0.6) is 5.75 Å². The summed E-state index contributed by atoms with van der Waals surface area (Å²) >= 11 is 0. The molecule has 3 aromatic rings. The van der Waals surface area contributed by atoms with Crippen LogP contribution < -0.4 is 10.6 Å². The zero-order valence-electron chi connectivity index (χ0n) is 15.7. The minimum Gasteiger partial charge on any atom is -0.508 e. The fourth-order valence-corrected chi connectivity index (χ4v) is 2.78. The topological polar surface area (TPSA) is 87.7 Å². The van der Waals surface area contributed by atoms with Crippen molar-refractivity contribution in [3.63, 3.8) is 0 Å². The van der Waals surface area contributed by atoms with Crippen LogP contribution in [0.2, 0.25) is 0 Å². The van der Waals surface area contributed by atoms with Crippen LogP contribution in [0.4, 0.5) is 10.5 Å². The number of nitrogens with one attached hydrogen (secondary N) is 2. The lowest BCUT2D eigenvalue weighted by Gasteiger charge is -2.19. The Morgan fingerprint density at radius 3 is 2.17 bits per heavy atom. The molecular formula is C23H22N2O4. The summed E-state index contributed by atoms with van der Waals surface area (Å²) < 4.78 is 5.25. The fraction of sp³-hybridized carbons (Fsp3) is 0.130. The predicted molar refractivity (Wildman–Crippen MR) is 110 cm³/mol. The number of ether oxygens (including phenoxy) is 1. The summed E-state index contributed by atoms with van der Waals surface area (Å²) in [5.41, 5.74) is 2.19. The Kier molecular flexibility index (Phi) is 6.84. The SMILES string of the molecule is O=C(NC(Cc1ccccc1)C(=O)Nc1cccc(O)c1)OCc1ccccc1. The van der Waals surface area contributed by atoms with Crippen molar-refractivity contribution in [2.24, 2.45) is 0 Å². The maximum absolute atomic E-state index is 12.8. The van der Waals surface area contributed by atoms with E-state index in [-0.39, 0.29) is 12.4 Å². The average molecular weight is 390 g/mol. The van der Waals surface area contributed by atoms with Gasteiger partial charge in [0.2, 0.25) is 5.91 Å². The number of hydrogen-bond donors (Lipinski definition) is 3. The number of aromatic hydroxyl groups is 1. The lowest BCUT2D eigenvalue weighted by atomic mass is 10.1. The summed E-state index contributed by atoms with van der Waals surface area (Å²) in [7, 11) is 0. The third-order valence-corrected chi connectivity index (χ3v) is 4.22. The molecule has 3 aromatic carbocycles. The molecular weight excluding hydrogens is 368 g/mol. The fourth-order valence-electron chi connectivity index (χ4n) is 2.78. The van der Waals surface area contributed by atoms with Crippen LogP contribution in [-0.2, 0) is 22.6 Å². The third kappa shape index (κ3) is 6.39. The van der Waals surface area contributed by atoms with E-state index in [1.165, 1.54) is 12.1 Å². The first kappa shape index (κ1) is 19.9. The van der Waals surface area contributed by atoms with Gasteiger partial charge in [-0.15, -0.1) is 0 Å². The van der Waals surface area contributed by atoms with E-state index in [0.717, 1.165) is 11.1 Å². The van der Waals surface area contributed by atoms with Gasteiger partial charge in [-0.2, -0.15) is 0 Å². The zero-order chi connectivity index (χ0) is 20.5. The largest absolute Gasteiger partial charge is 0.508 e. The molecule has 6 heteroatoms. The highest BCUT2D eigenvalue weighted by atomic mass is 16.5. The Balaban J connectivity index is 1.66. The molecule has 1 unspecified atom stereocenters. The Morgan fingerprint density at radius 2 is 1.52 bits per heavy atom. The van der Waals surface area contributed by atoms with E-state index in [1.807, 2.05) is 60.7 Å². The van der Waals surface area contributed by atoms with Gasteiger partial charge in [-0.05, 0) is 23.3 Å². The second kappa shape index (κ2) is 9.94. The molecule has 0 heterocycles. The van der Waals surface area contributed by atoms with Crippen molar-refractivity contribution in [2.45, 2.75) is 19.1 Å². The summed E-state index contributed by atoms with van der Waals surface area (Å²) in [6.45, 7) is 0.110. The predicted octanol–water partition coefficient (Wildman–Crippen LogP) is 3.87. The highest BCUT2D eigenvalue weighted by Crippen LogP contribution is 2.16. The van der Waals surface area contributed by atoms with Crippen molar-refractivity contribution in [3.8, 4) is 5.75 Å². The number of benzene rings is 3. The molecule has 2 amide bonds. The van der Waals surface area contributed by atoms with Gasteiger partial charge in [-0.1, -0.05) is 66.7 Å². The number of phenols is 1. The van der Waals surface area contributed by atoms with Crippen LogP contribution in [0.3, 0.4) is 0 Å². The first-order valence-corrected chi connectivity index (χ1v) is 9.21. The Hall–Kier alpha value is -3.80. The van der Waals surface area contributed by atoms with Gasteiger partial charge in [-0.3, -0.25) is 4.79 Å². The second-order valence-electron chi connectivity index (χ2n) is 6.49. The van der Waals surface area contributed by atoms with Crippen LogP contribution in [0, 0.1) is 0 Å². The normalized spacial score (nSPS) is 11.3. The summed E-state index contributed by atoms with van der Waals surface area (Å²) in [5, 5.41) is 14.9. The summed E-state index contributed by atoms with van der Waals surface area (Å²) in [6, 6.07) is 24.1. The maximum atomic E-state index is 12.8. The lowest BCUT2D eigenvalue weighted by Crippen LogP contribution is -2.45. The third-order valence-electron chi connectivity index (χ3n) is 4.22. The van der Waals surface area contributed by atoms with Crippen LogP contribution >= 0.6 is 0 Å². The van der Waals surface area contributed by atoms with Gasteiger partial charge in [0, 0.05) is 18.2 Å². The van der Waals surface area contributed by atoms with Crippen molar-refractivity contribution in [2.75, 3.05) is 5.32 Å².